The van der Waals surface area contributed by atoms with E-state index in [0.717, 1.165) is 5.56 Å². The molecule has 6 heteroatoms. The zero-order chi connectivity index (χ0) is 14.7. The van der Waals surface area contributed by atoms with Crippen LogP contribution >= 0.6 is 11.8 Å². The Kier molecular flexibility index (Phi) is 3.79. The standard InChI is InChI=1S/C15H10FN3OS/c16-11-3-5-12(6-4-11)18-15-19-14(20)13(21-15)8-10-2-1-7-17-9-10/h1-9H,(H,18,19,20). The highest BCUT2D eigenvalue weighted by molar-refractivity contribution is 8.18. The number of nitrogens with one attached hydrogen (secondary N) is 1. The molecule has 1 saturated heterocycles. The molecule has 3 rings (SSSR count). The van der Waals surface area contributed by atoms with Gasteiger partial charge in [-0.25, -0.2) is 9.38 Å². The maximum atomic E-state index is 12.8. The minimum absolute atomic E-state index is 0.204. The molecule has 0 bridgehead atoms. The van der Waals surface area contributed by atoms with Gasteiger partial charge in [-0.05, 0) is 53.7 Å². The number of nitrogens with zero attached hydrogens (tertiary/aromatic N) is 2. The lowest BCUT2D eigenvalue weighted by molar-refractivity contribution is -0.115. The van der Waals surface area contributed by atoms with Gasteiger partial charge < -0.3 is 5.32 Å². The van der Waals surface area contributed by atoms with Gasteiger partial charge >= 0.3 is 0 Å². The van der Waals surface area contributed by atoms with Crippen molar-refractivity contribution < 1.29 is 9.18 Å². The van der Waals surface area contributed by atoms with E-state index in [4.69, 9.17) is 0 Å². The van der Waals surface area contributed by atoms with Gasteiger partial charge in [-0.2, -0.15) is 0 Å². The molecule has 0 spiro atoms. The molecule has 1 aliphatic rings. The van der Waals surface area contributed by atoms with Gasteiger partial charge in [0.15, 0.2) is 5.17 Å². The summed E-state index contributed by atoms with van der Waals surface area (Å²) in [6.07, 6.45) is 5.10. The van der Waals surface area contributed by atoms with Crippen LogP contribution in [0.25, 0.3) is 6.08 Å². The van der Waals surface area contributed by atoms with E-state index in [1.807, 2.05) is 6.07 Å². The summed E-state index contributed by atoms with van der Waals surface area (Å²) in [7, 11) is 0. The van der Waals surface area contributed by atoms with Crippen LogP contribution in [0.2, 0.25) is 0 Å². The number of hydrogen-bond acceptors (Lipinski definition) is 4. The van der Waals surface area contributed by atoms with Gasteiger partial charge in [0.2, 0.25) is 0 Å². The van der Waals surface area contributed by atoms with Crippen molar-refractivity contribution in [2.24, 2.45) is 4.99 Å². The first-order valence-electron chi connectivity index (χ1n) is 6.16. The largest absolute Gasteiger partial charge is 0.300 e. The Morgan fingerprint density at radius 1 is 1.24 bits per heavy atom. The predicted octanol–water partition coefficient (Wildman–Crippen LogP) is 3.11. The van der Waals surface area contributed by atoms with E-state index in [2.05, 4.69) is 15.3 Å². The SMILES string of the molecule is O=C1NC(=Nc2ccc(F)cc2)SC1=Cc1cccnc1. The molecule has 2 heterocycles. The lowest BCUT2D eigenvalue weighted by atomic mass is 10.2. The van der Waals surface area contributed by atoms with Crippen molar-refractivity contribution in [1.82, 2.24) is 10.3 Å². The van der Waals surface area contributed by atoms with Gasteiger partial charge in [0.05, 0.1) is 10.6 Å². The van der Waals surface area contributed by atoms with Crippen molar-refractivity contribution >= 4 is 34.6 Å². The quantitative estimate of drug-likeness (QED) is 0.867. The number of amidine groups is 1. The van der Waals surface area contributed by atoms with E-state index in [1.165, 1.54) is 23.9 Å². The van der Waals surface area contributed by atoms with E-state index in [-0.39, 0.29) is 11.7 Å². The summed E-state index contributed by atoms with van der Waals surface area (Å²) in [5, 5.41) is 3.15. The van der Waals surface area contributed by atoms with Gasteiger partial charge in [-0.1, -0.05) is 6.07 Å². The van der Waals surface area contributed by atoms with Crippen molar-refractivity contribution in [3.8, 4) is 0 Å². The first-order valence-corrected chi connectivity index (χ1v) is 6.97. The second-order valence-electron chi connectivity index (χ2n) is 4.24. The summed E-state index contributed by atoms with van der Waals surface area (Å²) in [6.45, 7) is 0. The fraction of sp³-hybridized carbons (Fsp3) is 0. The molecule has 0 saturated carbocycles. The zero-order valence-corrected chi connectivity index (χ0v) is 11.6. The Morgan fingerprint density at radius 2 is 2.05 bits per heavy atom. The maximum absolute atomic E-state index is 12.8. The molecule has 0 unspecified atom stereocenters. The average Bonchev–Trinajstić information content (AvgIpc) is 2.82. The monoisotopic (exact) mass is 299 g/mol. The normalized spacial score (nSPS) is 18.2. The Labute approximate surface area is 124 Å². The molecular formula is C15H10FN3OS. The number of hydrogen-bond donors (Lipinski definition) is 1. The summed E-state index contributed by atoms with van der Waals surface area (Å²) in [5.74, 6) is -0.524. The van der Waals surface area contributed by atoms with Gasteiger partial charge in [-0.15, -0.1) is 0 Å². The summed E-state index contributed by atoms with van der Waals surface area (Å²) in [4.78, 5) is 20.7. The van der Waals surface area contributed by atoms with Crippen LogP contribution in [0.3, 0.4) is 0 Å². The lowest BCUT2D eigenvalue weighted by Crippen LogP contribution is -2.19. The number of thioether (sulfide) groups is 1. The van der Waals surface area contributed by atoms with Crippen LogP contribution in [0.4, 0.5) is 10.1 Å². The molecule has 0 atom stereocenters. The van der Waals surface area contributed by atoms with Crippen molar-refractivity contribution in [2.45, 2.75) is 0 Å². The highest BCUT2D eigenvalue weighted by Gasteiger charge is 2.23. The fourth-order valence-corrected chi connectivity index (χ4v) is 2.57. The summed E-state index contributed by atoms with van der Waals surface area (Å²) in [5.41, 5.74) is 1.43. The van der Waals surface area contributed by atoms with Crippen LogP contribution < -0.4 is 5.32 Å². The van der Waals surface area contributed by atoms with Gasteiger partial charge in [0.25, 0.3) is 5.91 Å². The van der Waals surface area contributed by atoms with Crippen LogP contribution in [0.5, 0.6) is 0 Å². The molecule has 1 aromatic carbocycles. The predicted molar refractivity (Wildman–Crippen MR) is 81.4 cm³/mol. The van der Waals surface area contributed by atoms with Crippen LogP contribution in [0.15, 0.2) is 58.7 Å². The number of benzene rings is 1. The molecule has 4 nitrogen and oxygen atoms in total. The Morgan fingerprint density at radius 3 is 2.76 bits per heavy atom. The third kappa shape index (κ3) is 3.35. The van der Waals surface area contributed by atoms with E-state index in [9.17, 15) is 9.18 Å². The Bertz CT molecular complexity index is 726. The van der Waals surface area contributed by atoms with Crippen LogP contribution in [0.1, 0.15) is 5.56 Å². The highest BCUT2D eigenvalue weighted by Crippen LogP contribution is 2.27. The molecule has 1 fully saturated rings. The Balaban J connectivity index is 1.81. The van der Waals surface area contributed by atoms with Gasteiger partial charge in [-0.3, -0.25) is 9.78 Å². The molecule has 0 aliphatic carbocycles. The number of halogens is 1. The smallest absolute Gasteiger partial charge is 0.264 e. The van der Waals surface area contributed by atoms with E-state index in [1.54, 1.807) is 36.7 Å². The number of pyridine rings is 1. The van der Waals surface area contributed by atoms with E-state index < -0.39 is 0 Å². The van der Waals surface area contributed by atoms with Gasteiger partial charge in [0, 0.05) is 12.4 Å². The summed E-state index contributed by atoms with van der Waals surface area (Å²) >= 11 is 1.24. The van der Waals surface area contributed by atoms with Crippen LogP contribution in [-0.2, 0) is 4.79 Å². The highest BCUT2D eigenvalue weighted by atomic mass is 32.2. The maximum Gasteiger partial charge on any atom is 0.264 e. The molecule has 1 aromatic heterocycles. The van der Waals surface area contributed by atoms with Crippen LogP contribution in [0, 0.1) is 5.82 Å². The summed E-state index contributed by atoms with van der Waals surface area (Å²) in [6, 6.07) is 9.43. The Hall–Kier alpha value is -2.47. The van der Waals surface area contributed by atoms with Gasteiger partial charge in [0.1, 0.15) is 5.82 Å². The van der Waals surface area contributed by atoms with Crippen molar-refractivity contribution in [3.63, 3.8) is 0 Å². The second kappa shape index (κ2) is 5.88. The minimum Gasteiger partial charge on any atom is -0.300 e. The number of aromatic nitrogens is 1. The number of aliphatic imine (C=N–C) groups is 1. The first-order chi connectivity index (χ1) is 10.2. The third-order valence-electron chi connectivity index (χ3n) is 2.69. The molecule has 21 heavy (non-hydrogen) atoms. The van der Waals surface area contributed by atoms with Crippen molar-refractivity contribution in [3.05, 3.63) is 65.1 Å². The molecule has 104 valence electrons. The number of carbonyl (C=O) groups excluding carboxylic acids is 1. The molecule has 1 N–H and O–H groups in total. The topological polar surface area (TPSA) is 54.4 Å². The number of carbonyl (C=O) groups is 1. The van der Waals surface area contributed by atoms with Crippen molar-refractivity contribution in [2.75, 3.05) is 0 Å². The number of rotatable bonds is 2. The third-order valence-corrected chi connectivity index (χ3v) is 3.60. The summed E-state index contributed by atoms with van der Waals surface area (Å²) < 4.78 is 12.8. The average molecular weight is 299 g/mol. The molecule has 0 radical (unpaired) electrons. The van der Waals surface area contributed by atoms with Crippen molar-refractivity contribution in [1.29, 1.82) is 0 Å². The van der Waals surface area contributed by atoms with E-state index >= 15 is 0 Å². The fourth-order valence-electron chi connectivity index (χ4n) is 1.73. The minimum atomic E-state index is -0.320. The molecule has 1 amide bonds. The van der Waals surface area contributed by atoms with E-state index in [0.29, 0.717) is 15.8 Å². The second-order valence-corrected chi connectivity index (χ2v) is 5.28. The number of amides is 1. The molecule has 1 aliphatic heterocycles. The zero-order valence-electron chi connectivity index (χ0n) is 10.8. The van der Waals surface area contributed by atoms with Crippen LogP contribution in [-0.4, -0.2) is 16.1 Å². The molecular weight excluding hydrogens is 289 g/mol. The molecule has 2 aromatic rings. The first kappa shape index (κ1) is 13.5. The lowest BCUT2D eigenvalue weighted by Gasteiger charge is -1.95.